The van der Waals surface area contributed by atoms with Crippen molar-refractivity contribution in [1.82, 2.24) is 4.98 Å². The molecule has 2 aromatic rings. The van der Waals surface area contributed by atoms with Crippen LogP contribution in [0.15, 0.2) is 30.5 Å². The first-order valence-corrected chi connectivity index (χ1v) is 9.05. The van der Waals surface area contributed by atoms with E-state index in [1.165, 1.54) is 12.1 Å². The topological polar surface area (TPSA) is 59.4 Å². The van der Waals surface area contributed by atoms with Crippen LogP contribution in [0.2, 0.25) is 0 Å². The molecule has 3 saturated carbocycles. The molecule has 0 amide bonds. The molecular formula is C20H20FNO3. The van der Waals surface area contributed by atoms with Crippen LogP contribution in [0.3, 0.4) is 0 Å². The van der Waals surface area contributed by atoms with E-state index in [1.54, 1.807) is 18.3 Å². The highest BCUT2D eigenvalue weighted by molar-refractivity contribution is 5.84. The highest BCUT2D eigenvalue weighted by atomic mass is 19.1. The van der Waals surface area contributed by atoms with Crippen LogP contribution in [-0.2, 0) is 4.79 Å². The number of rotatable bonds is 5. The second-order valence-electron chi connectivity index (χ2n) is 7.79. The minimum absolute atomic E-state index is 0.0914. The third kappa shape index (κ3) is 2.57. The highest BCUT2D eigenvalue weighted by Gasteiger charge is 2.63. The number of aromatic nitrogens is 1. The van der Waals surface area contributed by atoms with Crippen molar-refractivity contribution in [3.8, 4) is 5.75 Å². The van der Waals surface area contributed by atoms with Crippen LogP contribution in [-0.4, -0.2) is 22.2 Å². The smallest absolute Gasteiger partial charge is 0.307 e. The number of nitrogens with zero attached hydrogens (tertiary/aromatic N) is 1. The summed E-state index contributed by atoms with van der Waals surface area (Å²) in [4.78, 5) is 15.8. The number of carbonyl (C=O) groups is 1. The van der Waals surface area contributed by atoms with Gasteiger partial charge in [0.25, 0.3) is 0 Å². The lowest BCUT2D eigenvalue weighted by molar-refractivity contribution is -0.143. The predicted molar refractivity (Wildman–Crippen MR) is 89.7 cm³/mol. The molecule has 130 valence electrons. The van der Waals surface area contributed by atoms with Crippen molar-refractivity contribution in [3.63, 3.8) is 0 Å². The first kappa shape index (κ1) is 15.1. The van der Waals surface area contributed by atoms with Gasteiger partial charge in [-0.15, -0.1) is 0 Å². The van der Waals surface area contributed by atoms with Crippen LogP contribution in [0.5, 0.6) is 5.75 Å². The molecule has 3 unspecified atom stereocenters. The van der Waals surface area contributed by atoms with Gasteiger partial charge in [0.15, 0.2) is 0 Å². The second-order valence-corrected chi connectivity index (χ2v) is 7.79. The molecule has 0 aliphatic heterocycles. The van der Waals surface area contributed by atoms with E-state index in [4.69, 9.17) is 4.74 Å². The number of carboxylic acids is 1. The maximum atomic E-state index is 13.6. The standard InChI is InChI=1S/C20H20FNO3/c21-11-3-4-16-15(7-11)17(5-6-22-16)25-12-8-13-14(9-12)19(13)18(20(23)24)10-1-2-10/h3-7,10,12-14,18-19H,1-2,8-9H2,(H,23,24)/t12?,13-,14+,18?,19?. The number of halogens is 1. The van der Waals surface area contributed by atoms with Crippen molar-refractivity contribution in [2.45, 2.75) is 31.8 Å². The molecule has 1 aromatic carbocycles. The summed E-state index contributed by atoms with van der Waals surface area (Å²) in [5.41, 5.74) is 0.722. The Morgan fingerprint density at radius 3 is 2.68 bits per heavy atom. The van der Waals surface area contributed by atoms with Crippen LogP contribution in [0, 0.1) is 35.4 Å². The fraction of sp³-hybridized carbons (Fsp3) is 0.500. The van der Waals surface area contributed by atoms with Gasteiger partial charge < -0.3 is 9.84 Å². The number of hydrogen-bond donors (Lipinski definition) is 1. The van der Waals surface area contributed by atoms with Gasteiger partial charge >= 0.3 is 5.97 Å². The summed E-state index contributed by atoms with van der Waals surface area (Å²) in [6, 6.07) is 6.31. The molecule has 0 spiro atoms. The van der Waals surface area contributed by atoms with E-state index in [2.05, 4.69) is 4.98 Å². The van der Waals surface area contributed by atoms with Crippen LogP contribution in [0.25, 0.3) is 10.9 Å². The number of hydrogen-bond acceptors (Lipinski definition) is 3. The molecule has 1 N–H and O–H groups in total. The van der Waals surface area contributed by atoms with Crippen molar-refractivity contribution in [1.29, 1.82) is 0 Å². The van der Waals surface area contributed by atoms with Gasteiger partial charge in [0, 0.05) is 11.6 Å². The lowest BCUT2D eigenvalue weighted by atomic mass is 9.92. The van der Waals surface area contributed by atoms with E-state index in [1.807, 2.05) is 0 Å². The van der Waals surface area contributed by atoms with Crippen molar-refractivity contribution >= 4 is 16.9 Å². The molecule has 5 rings (SSSR count). The maximum Gasteiger partial charge on any atom is 0.307 e. The molecule has 1 aromatic heterocycles. The van der Waals surface area contributed by atoms with Gasteiger partial charge in [-0.1, -0.05) is 0 Å². The number of carboxylic acid groups (broad SMARTS) is 1. The van der Waals surface area contributed by atoms with E-state index in [0.29, 0.717) is 34.8 Å². The maximum absolute atomic E-state index is 13.6. The Balaban J connectivity index is 1.29. The third-order valence-electron chi connectivity index (χ3n) is 6.25. The van der Waals surface area contributed by atoms with E-state index in [-0.39, 0.29) is 17.8 Å². The Hall–Kier alpha value is -2.17. The van der Waals surface area contributed by atoms with E-state index in [0.717, 1.165) is 31.2 Å². The zero-order valence-corrected chi connectivity index (χ0v) is 13.8. The summed E-state index contributed by atoms with van der Waals surface area (Å²) in [6.45, 7) is 0. The van der Waals surface area contributed by atoms with Crippen LogP contribution < -0.4 is 4.74 Å². The second kappa shape index (κ2) is 5.41. The molecule has 0 bridgehead atoms. The molecule has 5 atom stereocenters. The predicted octanol–water partition coefficient (Wildman–Crippen LogP) is 3.89. The van der Waals surface area contributed by atoms with E-state index < -0.39 is 5.97 Å². The summed E-state index contributed by atoms with van der Waals surface area (Å²) in [6.07, 6.45) is 5.73. The fourth-order valence-corrected chi connectivity index (χ4v) is 4.98. The fourth-order valence-electron chi connectivity index (χ4n) is 4.98. The summed E-state index contributed by atoms with van der Waals surface area (Å²) < 4.78 is 19.7. The zero-order chi connectivity index (χ0) is 17.1. The van der Waals surface area contributed by atoms with Crippen molar-refractivity contribution < 1.29 is 19.0 Å². The molecule has 5 heteroatoms. The molecule has 3 aliphatic carbocycles. The molecule has 0 saturated heterocycles. The first-order valence-electron chi connectivity index (χ1n) is 9.05. The van der Waals surface area contributed by atoms with Gasteiger partial charge in [0.1, 0.15) is 11.6 Å². The molecule has 4 nitrogen and oxygen atoms in total. The Kier molecular flexibility index (Phi) is 3.27. The minimum Gasteiger partial charge on any atom is -0.490 e. The molecular weight excluding hydrogens is 321 g/mol. The normalized spacial score (nSPS) is 31.6. The summed E-state index contributed by atoms with van der Waals surface area (Å²) in [5, 5.41) is 10.2. The SMILES string of the molecule is O=C(O)C(C1CC1)C1[C@H]2CC(Oc3ccnc4ccc(F)cc34)C[C@@H]12. The summed E-state index contributed by atoms with van der Waals surface area (Å²) >= 11 is 0. The first-order chi connectivity index (χ1) is 12.1. The van der Waals surface area contributed by atoms with Gasteiger partial charge in [-0.3, -0.25) is 9.78 Å². The highest BCUT2D eigenvalue weighted by Crippen LogP contribution is 2.64. The van der Waals surface area contributed by atoms with Gasteiger partial charge in [-0.05, 0) is 73.6 Å². The van der Waals surface area contributed by atoms with Gasteiger partial charge in [-0.2, -0.15) is 0 Å². The average Bonchev–Trinajstić information content (AvgIpc) is 3.48. The molecule has 0 radical (unpaired) electrons. The van der Waals surface area contributed by atoms with Crippen molar-refractivity contribution in [3.05, 3.63) is 36.3 Å². The minimum atomic E-state index is -0.616. The average molecular weight is 341 g/mol. The van der Waals surface area contributed by atoms with Gasteiger partial charge in [0.2, 0.25) is 0 Å². The Labute approximate surface area is 145 Å². The Morgan fingerprint density at radius 2 is 2.00 bits per heavy atom. The van der Waals surface area contributed by atoms with Crippen LogP contribution in [0.4, 0.5) is 4.39 Å². The third-order valence-corrected chi connectivity index (χ3v) is 6.25. The Morgan fingerprint density at radius 1 is 1.24 bits per heavy atom. The number of fused-ring (bicyclic) bond motifs is 2. The summed E-state index contributed by atoms with van der Waals surface area (Å²) in [7, 11) is 0. The van der Waals surface area contributed by atoms with E-state index in [9.17, 15) is 14.3 Å². The van der Waals surface area contributed by atoms with Gasteiger partial charge in [-0.25, -0.2) is 4.39 Å². The lowest BCUT2D eigenvalue weighted by Crippen LogP contribution is -2.24. The van der Waals surface area contributed by atoms with E-state index >= 15 is 0 Å². The number of benzene rings is 1. The Bertz CT molecular complexity index is 838. The van der Waals surface area contributed by atoms with Crippen LogP contribution in [0.1, 0.15) is 25.7 Å². The summed E-state index contributed by atoms with van der Waals surface area (Å²) in [5.74, 6) is 1.32. The monoisotopic (exact) mass is 341 g/mol. The number of aliphatic carboxylic acids is 1. The largest absolute Gasteiger partial charge is 0.490 e. The van der Waals surface area contributed by atoms with Crippen molar-refractivity contribution in [2.75, 3.05) is 0 Å². The molecule has 3 aliphatic rings. The number of pyridine rings is 1. The zero-order valence-electron chi connectivity index (χ0n) is 13.8. The van der Waals surface area contributed by atoms with Gasteiger partial charge in [0.05, 0.1) is 17.5 Å². The molecule has 1 heterocycles. The number of ether oxygens (including phenoxy) is 1. The lowest BCUT2D eigenvalue weighted by Gasteiger charge is -2.20. The van der Waals surface area contributed by atoms with Crippen LogP contribution >= 0.6 is 0 Å². The quantitative estimate of drug-likeness (QED) is 0.896. The van der Waals surface area contributed by atoms with Crippen molar-refractivity contribution in [2.24, 2.45) is 29.6 Å². The molecule has 3 fully saturated rings. The molecule has 25 heavy (non-hydrogen) atoms.